The molecule has 0 aromatic rings. The van der Waals surface area contributed by atoms with Crippen LogP contribution in [0, 0.1) is 5.92 Å². The molecular weight excluding hydrogens is 313 g/mol. The summed E-state index contributed by atoms with van der Waals surface area (Å²) in [5.74, 6) is 0.283. The van der Waals surface area contributed by atoms with Crippen LogP contribution in [-0.4, -0.2) is 16.5 Å². The van der Waals surface area contributed by atoms with Crippen LogP contribution < -0.4 is 3.25 Å². The molecule has 1 nitrogen and oxygen atoms in total. The SMILES string of the molecule is [2H]CC(C)([N]([2H])[Zr]([CH3])([CH3])[C]1=C(C)C(C)=C(C)C1C)C([2H])([2H])[2H].[SiH4]. The Morgan fingerprint density at radius 3 is 2.17 bits per heavy atom. The van der Waals surface area contributed by atoms with Gasteiger partial charge in [0.25, 0.3) is 0 Å². The van der Waals surface area contributed by atoms with Crippen LogP contribution in [-0.2, 0) is 20.6 Å². The second kappa shape index (κ2) is 5.89. The van der Waals surface area contributed by atoms with Gasteiger partial charge in [0.1, 0.15) is 0 Å². The van der Waals surface area contributed by atoms with Gasteiger partial charge in [0.2, 0.25) is 0 Å². The molecule has 2 unspecified atom stereocenters. The molecule has 1 aliphatic carbocycles. The molecule has 0 radical (unpaired) electrons. The first-order valence-electron chi connectivity index (χ1n) is 8.86. The Balaban J connectivity index is 0.00000484. The second-order valence-electron chi connectivity index (χ2n) is 6.01. The van der Waals surface area contributed by atoms with Crippen LogP contribution in [0.5, 0.6) is 0 Å². The summed E-state index contributed by atoms with van der Waals surface area (Å²) in [7, 11) is 0. The summed E-state index contributed by atoms with van der Waals surface area (Å²) in [5.41, 5.74) is 2.43. The number of nitrogens with one attached hydrogen (secondary N) is 1. The summed E-state index contributed by atoms with van der Waals surface area (Å²) in [4.78, 5) is 0. The molecule has 0 heterocycles. The van der Waals surface area contributed by atoms with Crippen LogP contribution in [0.1, 0.15) is 53.9 Å². The summed E-state index contributed by atoms with van der Waals surface area (Å²) >= 11 is -3.38. The van der Waals surface area contributed by atoms with E-state index in [-0.39, 0.29) is 23.8 Å². The van der Waals surface area contributed by atoms with Crippen molar-refractivity contribution in [1.82, 2.24) is 3.25 Å². The zero-order chi connectivity index (χ0) is 17.7. The van der Waals surface area contributed by atoms with Gasteiger partial charge in [-0.15, -0.1) is 0 Å². The third-order valence-electron chi connectivity index (χ3n) is 3.83. The molecule has 3 heteroatoms. The van der Waals surface area contributed by atoms with E-state index in [1.807, 2.05) is 0 Å². The van der Waals surface area contributed by atoms with Gasteiger partial charge < -0.3 is 0 Å². The van der Waals surface area contributed by atoms with Crippen LogP contribution in [0.25, 0.3) is 0 Å². The van der Waals surface area contributed by atoms with Gasteiger partial charge in [-0.05, 0) is 11.0 Å². The van der Waals surface area contributed by atoms with Crippen LogP contribution in [0.15, 0.2) is 20.0 Å². The van der Waals surface area contributed by atoms with Crippen LogP contribution in [0.2, 0.25) is 10.7 Å². The molecule has 106 valence electrons. The Kier molecular flexibility index (Phi) is 3.67. The van der Waals surface area contributed by atoms with E-state index in [1.54, 1.807) is 6.92 Å². The predicted octanol–water partition coefficient (Wildman–Crippen LogP) is 3.35. The number of hydrogen-bond donors (Lipinski definition) is 1. The maximum absolute atomic E-state index is 8.65. The van der Waals surface area contributed by atoms with Crippen molar-refractivity contribution in [2.24, 2.45) is 5.92 Å². The minimum absolute atomic E-state index is 0. The fourth-order valence-electron chi connectivity index (χ4n) is 3.03. The fourth-order valence-corrected chi connectivity index (χ4v) is 12.2. The molecule has 18 heavy (non-hydrogen) atoms. The predicted molar refractivity (Wildman–Crippen MR) is 86.2 cm³/mol. The number of allylic oxidation sites excluding steroid dienone is 4. The van der Waals surface area contributed by atoms with Crippen LogP contribution in [0.4, 0.5) is 0 Å². The Morgan fingerprint density at radius 1 is 1.28 bits per heavy atom. The quantitative estimate of drug-likeness (QED) is 0.752. The van der Waals surface area contributed by atoms with Crippen molar-refractivity contribution in [1.29, 1.82) is 0 Å². The summed E-state index contributed by atoms with van der Waals surface area (Å²) in [6.45, 7) is 7.40. The Labute approximate surface area is 130 Å². The Morgan fingerprint density at radius 2 is 1.83 bits per heavy atom. The first kappa shape index (κ1) is 11.2. The molecule has 0 spiro atoms. The maximum atomic E-state index is 8.65. The van der Waals surface area contributed by atoms with Gasteiger partial charge in [0.05, 0.1) is 0 Å². The fraction of sp³-hybridized carbons (Fsp3) is 0.733. The van der Waals surface area contributed by atoms with E-state index >= 15 is 0 Å². The molecule has 0 saturated heterocycles. The van der Waals surface area contributed by atoms with Crippen molar-refractivity contribution < 1.29 is 27.5 Å². The Hall–Kier alpha value is 0.540. The minimum Gasteiger partial charge on any atom is -0.0149 e. The molecule has 0 saturated carbocycles. The summed E-state index contributed by atoms with van der Waals surface area (Å²) in [5, 5.41) is 0. The minimum atomic E-state index is -3.38. The molecule has 0 aliphatic heterocycles. The van der Waals surface area contributed by atoms with Crippen LogP contribution in [0.3, 0.4) is 0 Å². The molecule has 0 amide bonds. The van der Waals surface area contributed by atoms with E-state index in [0.717, 1.165) is 0 Å². The van der Waals surface area contributed by atoms with Crippen molar-refractivity contribution in [2.45, 2.75) is 63.2 Å². The largest absolute Gasteiger partial charge is 0.0149 e. The normalized spacial score (nSPS) is 29.1. The number of hydrogen-bond acceptors (Lipinski definition) is 1. The molecular formula is C15H33NSiZr. The average molecular weight is 352 g/mol. The second-order valence-corrected chi connectivity index (χ2v) is 15.6. The van der Waals surface area contributed by atoms with Gasteiger partial charge in [-0.3, -0.25) is 0 Å². The van der Waals surface area contributed by atoms with Crippen molar-refractivity contribution >= 4 is 11.0 Å². The van der Waals surface area contributed by atoms with Crippen molar-refractivity contribution in [3.63, 3.8) is 0 Å². The molecule has 2 atom stereocenters. The van der Waals surface area contributed by atoms with Gasteiger partial charge in [0.15, 0.2) is 0 Å². The molecule has 1 rings (SSSR count). The van der Waals surface area contributed by atoms with Crippen LogP contribution >= 0.6 is 0 Å². The third-order valence-corrected chi connectivity index (χ3v) is 11.6. The molecule has 0 fully saturated rings. The first-order valence-corrected chi connectivity index (χ1v) is 13.4. The molecule has 0 aromatic heterocycles. The standard InChI is InChI=1S/C9H13.C4H10N.2CH3.H4Si.Zr/c1-6-5-7(2)9(4)8(6)3;1-4(2,3)5;;;;/h6H,1-4H3;5H,1-3H3;2*1H3;1H4;/q;-1;;;;+1/i;1D,2D3;;;;/hD. The Bertz CT molecular complexity index is 526. The zero-order valence-electron chi connectivity index (χ0n) is 17.2. The third kappa shape index (κ3) is 3.77. The molecule has 0 aromatic carbocycles. The monoisotopic (exact) mass is 350 g/mol. The number of rotatable bonds is 2. The van der Waals surface area contributed by atoms with Gasteiger partial charge in [-0.2, -0.15) is 0 Å². The van der Waals surface area contributed by atoms with E-state index in [9.17, 15) is 0 Å². The van der Waals surface area contributed by atoms with Gasteiger partial charge in [0, 0.05) is 0 Å². The maximum Gasteiger partial charge on any atom is -0.0149 e. The van der Waals surface area contributed by atoms with E-state index in [4.69, 9.17) is 6.89 Å². The first-order chi connectivity index (χ1) is 9.73. The molecule has 1 N–H and O–H groups in total. The average Bonchev–Trinajstić information content (AvgIpc) is 2.60. The van der Waals surface area contributed by atoms with Crippen molar-refractivity contribution in [2.75, 3.05) is 0 Å². The summed E-state index contributed by atoms with van der Waals surface area (Å²) < 4.78 is 46.7. The topological polar surface area (TPSA) is 12.0 Å². The van der Waals surface area contributed by atoms with Gasteiger partial charge in [-0.1, -0.05) is 0 Å². The zero-order valence-corrected chi connectivity index (χ0v) is 14.7. The van der Waals surface area contributed by atoms with E-state index < -0.39 is 32.9 Å². The molecule has 1 aliphatic rings. The van der Waals surface area contributed by atoms with Gasteiger partial charge >= 0.3 is 120 Å². The summed E-state index contributed by atoms with van der Waals surface area (Å²) in [6.07, 6.45) is 0. The van der Waals surface area contributed by atoms with E-state index in [1.165, 1.54) is 23.3 Å². The van der Waals surface area contributed by atoms with E-state index in [2.05, 4.69) is 37.0 Å². The summed E-state index contributed by atoms with van der Waals surface area (Å²) in [6, 6.07) is 0. The van der Waals surface area contributed by atoms with Gasteiger partial charge in [-0.25, -0.2) is 0 Å². The smallest absolute Gasteiger partial charge is 0.0149 e. The van der Waals surface area contributed by atoms with Crippen molar-refractivity contribution in [3.8, 4) is 0 Å². The molecule has 0 bridgehead atoms. The van der Waals surface area contributed by atoms with E-state index in [0.29, 0.717) is 0 Å². The van der Waals surface area contributed by atoms with Crippen molar-refractivity contribution in [3.05, 3.63) is 20.0 Å².